The van der Waals surface area contributed by atoms with Gasteiger partial charge < -0.3 is 15.5 Å². The first-order chi connectivity index (χ1) is 14.6. The first kappa shape index (κ1) is 21.0. The predicted octanol–water partition coefficient (Wildman–Crippen LogP) is 1.56. The highest BCUT2D eigenvalue weighted by molar-refractivity contribution is 6.05. The van der Waals surface area contributed by atoms with Crippen LogP contribution in [0.15, 0.2) is 18.2 Å². The van der Waals surface area contributed by atoms with E-state index >= 15 is 0 Å². The fourth-order valence-corrected chi connectivity index (χ4v) is 5.18. The molecule has 1 saturated heterocycles. The van der Waals surface area contributed by atoms with Gasteiger partial charge in [0, 0.05) is 25.1 Å². The van der Waals surface area contributed by atoms with Gasteiger partial charge in [-0.05, 0) is 75.2 Å². The van der Waals surface area contributed by atoms with E-state index in [4.69, 9.17) is 0 Å². The molecule has 1 atom stereocenters. The summed E-state index contributed by atoms with van der Waals surface area (Å²) in [7, 11) is 2.02. The lowest BCUT2D eigenvalue weighted by Gasteiger charge is -2.29. The molecule has 162 valence electrons. The van der Waals surface area contributed by atoms with Crippen LogP contribution in [0.5, 0.6) is 0 Å². The van der Waals surface area contributed by atoms with Gasteiger partial charge in [0.2, 0.25) is 11.8 Å². The zero-order chi connectivity index (χ0) is 21.1. The van der Waals surface area contributed by atoms with Gasteiger partial charge in [0.25, 0.3) is 5.91 Å². The number of benzene rings is 1. The van der Waals surface area contributed by atoms with Gasteiger partial charge in [0.1, 0.15) is 6.04 Å². The van der Waals surface area contributed by atoms with Crippen molar-refractivity contribution in [3.63, 3.8) is 0 Å². The molecule has 3 N–H and O–H groups in total. The topological polar surface area (TPSA) is 90.5 Å². The third kappa shape index (κ3) is 4.42. The van der Waals surface area contributed by atoms with Crippen LogP contribution in [-0.2, 0) is 22.7 Å². The Morgan fingerprint density at radius 3 is 2.47 bits per heavy atom. The maximum atomic E-state index is 13.1. The van der Waals surface area contributed by atoms with E-state index in [9.17, 15) is 14.4 Å². The summed E-state index contributed by atoms with van der Waals surface area (Å²) in [5.41, 5.74) is 2.69. The standard InChI is InChI=1S/C23H32N4O3/c1-24-11-15-5-7-16(8-6-15)12-25-13-17-3-2-4-18-14-27(23(30)21(17)18)19-9-10-20(28)26-22(19)29/h2-4,15-16,19,24-25H,5-14H2,1H3,(H,26,28,29). The van der Waals surface area contributed by atoms with Crippen LogP contribution in [-0.4, -0.2) is 48.8 Å². The summed E-state index contributed by atoms with van der Waals surface area (Å²) in [4.78, 5) is 38.4. The minimum atomic E-state index is -0.559. The second-order valence-electron chi connectivity index (χ2n) is 8.93. The van der Waals surface area contributed by atoms with Crippen molar-refractivity contribution in [3.05, 3.63) is 34.9 Å². The lowest BCUT2D eigenvalue weighted by molar-refractivity contribution is -0.136. The van der Waals surface area contributed by atoms with Gasteiger partial charge in [-0.1, -0.05) is 18.2 Å². The highest BCUT2D eigenvalue weighted by atomic mass is 16.2. The fourth-order valence-electron chi connectivity index (χ4n) is 5.18. The molecule has 0 bridgehead atoms. The minimum Gasteiger partial charge on any atom is -0.322 e. The number of hydrogen-bond acceptors (Lipinski definition) is 5. The van der Waals surface area contributed by atoms with E-state index in [1.807, 2.05) is 25.2 Å². The Kier molecular flexibility index (Phi) is 6.49. The van der Waals surface area contributed by atoms with Crippen LogP contribution < -0.4 is 16.0 Å². The molecule has 1 aliphatic carbocycles. The van der Waals surface area contributed by atoms with Gasteiger partial charge in [-0.3, -0.25) is 19.7 Å². The van der Waals surface area contributed by atoms with Crippen molar-refractivity contribution >= 4 is 17.7 Å². The Balaban J connectivity index is 1.34. The smallest absolute Gasteiger partial charge is 0.255 e. The summed E-state index contributed by atoms with van der Waals surface area (Å²) in [5.74, 6) is 0.792. The minimum absolute atomic E-state index is 0.0931. The Morgan fingerprint density at radius 1 is 1.03 bits per heavy atom. The number of hydrogen-bond donors (Lipinski definition) is 3. The van der Waals surface area contributed by atoms with Crippen molar-refractivity contribution in [2.24, 2.45) is 11.8 Å². The molecule has 2 fully saturated rings. The number of carbonyl (C=O) groups excluding carboxylic acids is 3. The average Bonchev–Trinajstić information content (AvgIpc) is 3.07. The molecule has 30 heavy (non-hydrogen) atoms. The summed E-state index contributed by atoms with van der Waals surface area (Å²) in [6, 6.07) is 5.39. The summed E-state index contributed by atoms with van der Waals surface area (Å²) in [5, 5.41) is 9.21. The van der Waals surface area contributed by atoms with Crippen LogP contribution in [0, 0.1) is 11.8 Å². The SMILES string of the molecule is CNCC1CCC(CNCc2cccc3c2C(=O)N(C2CCC(=O)NC2=O)C3)CC1. The number of carbonyl (C=O) groups is 3. The van der Waals surface area contributed by atoms with E-state index in [1.54, 1.807) is 4.90 Å². The molecule has 7 nitrogen and oxygen atoms in total. The van der Waals surface area contributed by atoms with Gasteiger partial charge in [-0.25, -0.2) is 0 Å². The molecule has 2 heterocycles. The Labute approximate surface area is 178 Å². The molecule has 1 unspecified atom stereocenters. The molecule has 1 aromatic carbocycles. The highest BCUT2D eigenvalue weighted by Crippen LogP contribution is 2.30. The molecule has 0 radical (unpaired) electrons. The van der Waals surface area contributed by atoms with Crippen molar-refractivity contribution < 1.29 is 14.4 Å². The molecular weight excluding hydrogens is 380 g/mol. The quantitative estimate of drug-likeness (QED) is 0.592. The molecule has 3 amide bonds. The molecule has 1 saturated carbocycles. The van der Waals surface area contributed by atoms with Crippen molar-refractivity contribution in [1.29, 1.82) is 0 Å². The average molecular weight is 413 g/mol. The summed E-state index contributed by atoms with van der Waals surface area (Å²) in [6.07, 6.45) is 5.76. The van der Waals surface area contributed by atoms with Crippen molar-refractivity contribution in [3.8, 4) is 0 Å². The van der Waals surface area contributed by atoms with Crippen LogP contribution >= 0.6 is 0 Å². The van der Waals surface area contributed by atoms with Crippen molar-refractivity contribution in [2.45, 2.75) is 57.7 Å². The molecule has 0 aromatic heterocycles. The van der Waals surface area contributed by atoms with E-state index in [-0.39, 0.29) is 24.1 Å². The van der Waals surface area contributed by atoms with Gasteiger partial charge in [0.05, 0.1) is 0 Å². The van der Waals surface area contributed by atoms with Crippen LogP contribution in [0.3, 0.4) is 0 Å². The highest BCUT2D eigenvalue weighted by Gasteiger charge is 2.39. The van der Waals surface area contributed by atoms with E-state index in [0.29, 0.717) is 25.4 Å². The molecule has 2 aliphatic heterocycles. The summed E-state index contributed by atoms with van der Waals surface area (Å²) >= 11 is 0. The van der Waals surface area contributed by atoms with Gasteiger partial charge in [-0.15, -0.1) is 0 Å². The maximum Gasteiger partial charge on any atom is 0.255 e. The molecule has 1 aromatic rings. The van der Waals surface area contributed by atoms with E-state index in [0.717, 1.165) is 35.7 Å². The van der Waals surface area contributed by atoms with Crippen LogP contribution in [0.4, 0.5) is 0 Å². The lowest BCUT2D eigenvalue weighted by atomic mass is 9.82. The predicted molar refractivity (Wildman–Crippen MR) is 114 cm³/mol. The van der Waals surface area contributed by atoms with E-state index in [2.05, 4.69) is 16.0 Å². The van der Waals surface area contributed by atoms with Gasteiger partial charge in [0.15, 0.2) is 0 Å². The van der Waals surface area contributed by atoms with Crippen LogP contribution in [0.2, 0.25) is 0 Å². The normalized spacial score (nSPS) is 26.6. The number of nitrogens with zero attached hydrogens (tertiary/aromatic N) is 1. The fraction of sp³-hybridized carbons (Fsp3) is 0.609. The maximum absolute atomic E-state index is 13.1. The zero-order valence-corrected chi connectivity index (χ0v) is 17.7. The monoisotopic (exact) mass is 412 g/mol. The largest absolute Gasteiger partial charge is 0.322 e. The summed E-state index contributed by atoms with van der Waals surface area (Å²) in [6.45, 7) is 3.18. The molecule has 4 rings (SSSR count). The van der Waals surface area contributed by atoms with Crippen molar-refractivity contribution in [1.82, 2.24) is 20.9 Å². The molecular formula is C23H32N4O3. The van der Waals surface area contributed by atoms with E-state index < -0.39 is 6.04 Å². The zero-order valence-electron chi connectivity index (χ0n) is 17.7. The van der Waals surface area contributed by atoms with Gasteiger partial charge >= 0.3 is 0 Å². The number of imide groups is 1. The number of amides is 3. The molecule has 0 spiro atoms. The number of piperidine rings is 1. The molecule has 7 heteroatoms. The Hall–Kier alpha value is -2.25. The first-order valence-corrected chi connectivity index (χ1v) is 11.2. The van der Waals surface area contributed by atoms with Crippen LogP contribution in [0.1, 0.15) is 60.0 Å². The second-order valence-corrected chi connectivity index (χ2v) is 8.93. The number of rotatable bonds is 7. The van der Waals surface area contributed by atoms with E-state index in [1.165, 1.54) is 25.7 Å². The number of fused-ring (bicyclic) bond motifs is 1. The van der Waals surface area contributed by atoms with Crippen LogP contribution in [0.25, 0.3) is 0 Å². The summed E-state index contributed by atoms with van der Waals surface area (Å²) < 4.78 is 0. The molecule has 3 aliphatic rings. The third-order valence-corrected chi connectivity index (χ3v) is 6.85. The Morgan fingerprint density at radius 2 is 1.77 bits per heavy atom. The number of nitrogens with one attached hydrogen (secondary N) is 3. The third-order valence-electron chi connectivity index (χ3n) is 6.85. The first-order valence-electron chi connectivity index (χ1n) is 11.2. The lowest BCUT2D eigenvalue weighted by Crippen LogP contribution is -2.52. The van der Waals surface area contributed by atoms with Gasteiger partial charge in [-0.2, -0.15) is 0 Å². The second kappa shape index (κ2) is 9.27. The van der Waals surface area contributed by atoms with Crippen molar-refractivity contribution in [2.75, 3.05) is 20.1 Å². The Bertz CT molecular complexity index is 817.